The Balaban J connectivity index is 2.05. The molecule has 3 aromatic rings. The number of hydrogen-bond donors (Lipinski definition) is 1. The monoisotopic (exact) mass is 266 g/mol. The van der Waals surface area contributed by atoms with Crippen molar-refractivity contribution in [3.05, 3.63) is 48.2 Å². The maximum absolute atomic E-state index is 5.91. The molecule has 0 saturated carbocycles. The molecule has 0 aliphatic rings. The van der Waals surface area contributed by atoms with Crippen LogP contribution in [0.15, 0.2) is 47.1 Å². The number of pyridine rings is 1. The van der Waals surface area contributed by atoms with E-state index in [1.54, 1.807) is 12.3 Å². The molecule has 0 aliphatic heterocycles. The van der Waals surface area contributed by atoms with Crippen LogP contribution in [0, 0.1) is 0 Å². The SMILES string of the molecule is CCc1cccnc1-c1noc(-c2ccccc2N)n1. The molecule has 0 bridgehead atoms. The predicted molar refractivity (Wildman–Crippen MR) is 76.8 cm³/mol. The molecule has 0 spiro atoms. The Kier molecular flexibility index (Phi) is 3.16. The number of para-hydroxylation sites is 1. The number of nitrogen functional groups attached to an aromatic ring is 1. The van der Waals surface area contributed by atoms with Crippen LogP contribution >= 0.6 is 0 Å². The molecule has 2 heterocycles. The largest absolute Gasteiger partial charge is 0.398 e. The van der Waals surface area contributed by atoms with Gasteiger partial charge >= 0.3 is 0 Å². The van der Waals surface area contributed by atoms with Gasteiger partial charge in [-0.2, -0.15) is 4.98 Å². The van der Waals surface area contributed by atoms with Crippen molar-refractivity contribution >= 4 is 5.69 Å². The molecule has 3 rings (SSSR count). The van der Waals surface area contributed by atoms with Crippen LogP contribution in [0.2, 0.25) is 0 Å². The highest BCUT2D eigenvalue weighted by Crippen LogP contribution is 2.26. The second kappa shape index (κ2) is 5.13. The highest BCUT2D eigenvalue weighted by Gasteiger charge is 2.15. The van der Waals surface area contributed by atoms with Crippen LogP contribution < -0.4 is 5.73 Å². The van der Waals surface area contributed by atoms with Gasteiger partial charge in [0, 0.05) is 11.9 Å². The molecule has 0 unspecified atom stereocenters. The average molecular weight is 266 g/mol. The fourth-order valence-corrected chi connectivity index (χ4v) is 2.05. The lowest BCUT2D eigenvalue weighted by Gasteiger charge is -2.00. The minimum absolute atomic E-state index is 0.408. The van der Waals surface area contributed by atoms with Crippen molar-refractivity contribution < 1.29 is 4.52 Å². The zero-order valence-electron chi connectivity index (χ0n) is 11.1. The van der Waals surface area contributed by atoms with E-state index in [9.17, 15) is 0 Å². The van der Waals surface area contributed by atoms with Crippen molar-refractivity contribution in [2.45, 2.75) is 13.3 Å². The number of nitrogens with zero attached hydrogens (tertiary/aromatic N) is 3. The Morgan fingerprint density at radius 1 is 1.15 bits per heavy atom. The smallest absolute Gasteiger partial charge is 0.260 e. The van der Waals surface area contributed by atoms with E-state index in [0.717, 1.165) is 23.2 Å². The van der Waals surface area contributed by atoms with Gasteiger partial charge in [0.1, 0.15) is 5.69 Å². The summed E-state index contributed by atoms with van der Waals surface area (Å²) in [6.07, 6.45) is 2.59. The predicted octanol–water partition coefficient (Wildman–Crippen LogP) is 2.94. The highest BCUT2D eigenvalue weighted by atomic mass is 16.5. The van der Waals surface area contributed by atoms with E-state index >= 15 is 0 Å². The molecule has 0 atom stereocenters. The minimum Gasteiger partial charge on any atom is -0.398 e. The molecule has 0 aliphatic carbocycles. The fraction of sp³-hybridized carbons (Fsp3) is 0.133. The van der Waals surface area contributed by atoms with Crippen LogP contribution in [0.5, 0.6) is 0 Å². The topological polar surface area (TPSA) is 77.8 Å². The Bertz CT molecular complexity index is 736. The standard InChI is InChI=1S/C15H14N4O/c1-2-10-6-5-9-17-13(10)14-18-15(20-19-14)11-7-3-4-8-12(11)16/h3-9H,2,16H2,1H3. The van der Waals surface area contributed by atoms with Crippen LogP contribution in [-0.4, -0.2) is 15.1 Å². The van der Waals surface area contributed by atoms with Gasteiger partial charge in [-0.1, -0.05) is 30.3 Å². The lowest BCUT2D eigenvalue weighted by molar-refractivity contribution is 0.432. The molecule has 2 N–H and O–H groups in total. The van der Waals surface area contributed by atoms with Gasteiger partial charge in [-0.3, -0.25) is 4.98 Å². The Hall–Kier alpha value is -2.69. The molecule has 0 amide bonds. The number of aromatic nitrogens is 3. The van der Waals surface area contributed by atoms with Crippen molar-refractivity contribution in [2.24, 2.45) is 0 Å². The summed E-state index contributed by atoms with van der Waals surface area (Å²) < 4.78 is 5.30. The molecular formula is C15H14N4O. The van der Waals surface area contributed by atoms with Crippen molar-refractivity contribution in [1.82, 2.24) is 15.1 Å². The van der Waals surface area contributed by atoms with E-state index in [1.165, 1.54) is 0 Å². The summed E-state index contributed by atoms with van der Waals surface area (Å²) in [5.41, 5.74) is 9.09. The lowest BCUT2D eigenvalue weighted by Crippen LogP contribution is -1.93. The van der Waals surface area contributed by atoms with Gasteiger partial charge in [0.15, 0.2) is 0 Å². The summed E-state index contributed by atoms with van der Waals surface area (Å²) >= 11 is 0. The van der Waals surface area contributed by atoms with Gasteiger partial charge in [0.25, 0.3) is 5.89 Å². The molecule has 1 aromatic carbocycles. The maximum atomic E-state index is 5.91. The van der Waals surface area contributed by atoms with Crippen LogP contribution in [0.3, 0.4) is 0 Å². The Labute approximate surface area is 116 Å². The van der Waals surface area contributed by atoms with Crippen molar-refractivity contribution in [1.29, 1.82) is 0 Å². The number of rotatable bonds is 3. The van der Waals surface area contributed by atoms with Gasteiger partial charge in [-0.15, -0.1) is 0 Å². The third kappa shape index (κ3) is 2.14. The Morgan fingerprint density at radius 3 is 2.80 bits per heavy atom. The molecule has 5 nitrogen and oxygen atoms in total. The van der Waals surface area contributed by atoms with Crippen LogP contribution in [0.1, 0.15) is 12.5 Å². The lowest BCUT2D eigenvalue weighted by atomic mass is 10.1. The summed E-state index contributed by atoms with van der Waals surface area (Å²) in [7, 11) is 0. The van der Waals surface area contributed by atoms with Crippen LogP contribution in [-0.2, 0) is 6.42 Å². The molecule has 100 valence electrons. The van der Waals surface area contributed by atoms with Crippen molar-refractivity contribution in [3.63, 3.8) is 0 Å². The first kappa shape index (κ1) is 12.3. The van der Waals surface area contributed by atoms with Crippen molar-refractivity contribution in [3.8, 4) is 23.0 Å². The normalized spacial score (nSPS) is 10.7. The maximum Gasteiger partial charge on any atom is 0.260 e. The van der Waals surface area contributed by atoms with E-state index in [1.807, 2.05) is 30.3 Å². The van der Waals surface area contributed by atoms with Crippen LogP contribution in [0.4, 0.5) is 5.69 Å². The fourth-order valence-electron chi connectivity index (χ4n) is 2.05. The van der Waals surface area contributed by atoms with Crippen molar-refractivity contribution in [2.75, 3.05) is 5.73 Å². The molecular weight excluding hydrogens is 252 g/mol. The molecule has 0 radical (unpaired) electrons. The van der Waals surface area contributed by atoms with Crippen LogP contribution in [0.25, 0.3) is 23.0 Å². The highest BCUT2D eigenvalue weighted by molar-refractivity contribution is 5.71. The zero-order valence-corrected chi connectivity index (χ0v) is 11.1. The third-order valence-electron chi connectivity index (χ3n) is 3.10. The number of nitrogens with two attached hydrogens (primary N) is 1. The first-order valence-electron chi connectivity index (χ1n) is 6.42. The number of benzene rings is 1. The summed E-state index contributed by atoms with van der Waals surface area (Å²) in [4.78, 5) is 8.73. The quantitative estimate of drug-likeness (QED) is 0.737. The minimum atomic E-state index is 0.408. The van der Waals surface area contributed by atoms with E-state index in [-0.39, 0.29) is 0 Å². The number of anilines is 1. The summed E-state index contributed by atoms with van der Waals surface area (Å²) in [5.74, 6) is 0.895. The summed E-state index contributed by atoms with van der Waals surface area (Å²) in [6.45, 7) is 2.07. The average Bonchev–Trinajstić information content (AvgIpc) is 2.97. The second-order valence-corrected chi connectivity index (χ2v) is 4.38. The molecule has 0 fully saturated rings. The molecule has 5 heteroatoms. The van der Waals surface area contributed by atoms with E-state index in [2.05, 4.69) is 22.0 Å². The Morgan fingerprint density at radius 2 is 2.00 bits per heavy atom. The van der Waals surface area contributed by atoms with Gasteiger partial charge in [-0.25, -0.2) is 0 Å². The molecule has 0 saturated heterocycles. The summed E-state index contributed by atoms with van der Waals surface area (Å²) in [6, 6.07) is 11.3. The van der Waals surface area contributed by atoms with Gasteiger partial charge in [0.05, 0.1) is 5.56 Å². The third-order valence-corrected chi connectivity index (χ3v) is 3.10. The first-order chi connectivity index (χ1) is 9.79. The zero-order chi connectivity index (χ0) is 13.9. The number of hydrogen-bond acceptors (Lipinski definition) is 5. The molecule has 2 aromatic heterocycles. The second-order valence-electron chi connectivity index (χ2n) is 4.38. The number of aryl methyl sites for hydroxylation is 1. The van der Waals surface area contributed by atoms with E-state index < -0.39 is 0 Å². The van der Waals surface area contributed by atoms with Gasteiger partial charge in [-0.05, 0) is 30.2 Å². The van der Waals surface area contributed by atoms with E-state index in [4.69, 9.17) is 10.3 Å². The first-order valence-corrected chi connectivity index (χ1v) is 6.42. The van der Waals surface area contributed by atoms with E-state index in [0.29, 0.717) is 17.4 Å². The summed E-state index contributed by atoms with van der Waals surface area (Å²) in [5, 5.41) is 4.01. The van der Waals surface area contributed by atoms with Gasteiger partial charge in [0.2, 0.25) is 5.82 Å². The molecule has 20 heavy (non-hydrogen) atoms. The van der Waals surface area contributed by atoms with Gasteiger partial charge < -0.3 is 10.3 Å².